The number of halogens is 4. The van der Waals surface area contributed by atoms with Crippen molar-refractivity contribution >= 4 is 23.3 Å². The number of amides is 2. The first-order valence-electron chi connectivity index (χ1n) is 10.7. The number of imidazole rings is 1. The molecule has 0 unspecified atom stereocenters. The van der Waals surface area contributed by atoms with Gasteiger partial charge in [-0.05, 0) is 24.3 Å². The molecule has 0 radical (unpaired) electrons. The topological polar surface area (TPSA) is 85.2 Å². The van der Waals surface area contributed by atoms with E-state index in [0.29, 0.717) is 12.2 Å². The van der Waals surface area contributed by atoms with Crippen molar-refractivity contribution in [2.75, 3.05) is 32.1 Å². The maximum atomic E-state index is 15.1. The number of rotatable bonds is 5. The van der Waals surface area contributed by atoms with E-state index in [2.05, 4.69) is 10.3 Å². The molecule has 0 spiro atoms. The molecule has 2 amide bonds. The molecule has 1 aliphatic rings. The number of alkyl halides is 2. The van der Waals surface area contributed by atoms with Crippen molar-refractivity contribution in [3.8, 4) is 11.3 Å². The number of nitrogens with zero attached hydrogens (tertiary/aromatic N) is 3. The number of fused-ring (bicyclic) bond motifs is 1. The SMILES string of the molecule is COC(=O)N1CCO[C@@H](Cc2c(-c3c(F)cc(NC(C)=O)cc3F)nc3cc(C(F)F)ccn23)C1. The van der Waals surface area contributed by atoms with E-state index >= 15 is 8.78 Å². The fourth-order valence-electron chi connectivity index (χ4n) is 4.07. The highest BCUT2D eigenvalue weighted by atomic mass is 19.3. The Labute approximate surface area is 197 Å². The van der Waals surface area contributed by atoms with Crippen LogP contribution in [0.4, 0.5) is 28.0 Å². The van der Waals surface area contributed by atoms with Crippen molar-refractivity contribution in [3.63, 3.8) is 0 Å². The fourth-order valence-corrected chi connectivity index (χ4v) is 4.07. The second-order valence-electron chi connectivity index (χ2n) is 8.01. The smallest absolute Gasteiger partial charge is 0.409 e. The Kier molecular flexibility index (Phi) is 6.92. The first-order valence-corrected chi connectivity index (χ1v) is 10.7. The number of nitrogens with one attached hydrogen (secondary N) is 1. The van der Waals surface area contributed by atoms with Crippen molar-refractivity contribution in [2.24, 2.45) is 0 Å². The summed E-state index contributed by atoms with van der Waals surface area (Å²) in [5, 5.41) is 2.32. The molecule has 1 fully saturated rings. The predicted molar refractivity (Wildman–Crippen MR) is 117 cm³/mol. The van der Waals surface area contributed by atoms with Crippen LogP contribution in [-0.4, -0.2) is 59.2 Å². The molecule has 0 bridgehead atoms. The lowest BCUT2D eigenvalue weighted by atomic mass is 10.0. The van der Waals surface area contributed by atoms with E-state index in [0.717, 1.165) is 18.2 Å². The molecular formula is C23H22F4N4O4. The molecule has 1 atom stereocenters. The third-order valence-corrected chi connectivity index (χ3v) is 5.59. The quantitative estimate of drug-likeness (QED) is 0.538. The molecule has 186 valence electrons. The highest BCUT2D eigenvalue weighted by Gasteiger charge is 2.29. The summed E-state index contributed by atoms with van der Waals surface area (Å²) in [6.07, 6.45) is -2.44. The van der Waals surface area contributed by atoms with Gasteiger partial charge in [0.25, 0.3) is 6.43 Å². The summed E-state index contributed by atoms with van der Waals surface area (Å²) in [5.41, 5.74) is -0.573. The minimum atomic E-state index is -2.76. The van der Waals surface area contributed by atoms with E-state index in [1.54, 1.807) is 0 Å². The maximum absolute atomic E-state index is 15.1. The largest absolute Gasteiger partial charge is 0.453 e. The van der Waals surface area contributed by atoms with Crippen molar-refractivity contribution in [2.45, 2.75) is 25.9 Å². The van der Waals surface area contributed by atoms with Gasteiger partial charge in [0, 0.05) is 37.3 Å². The molecule has 0 aliphatic carbocycles. The Morgan fingerprint density at radius 1 is 1.26 bits per heavy atom. The minimum Gasteiger partial charge on any atom is -0.453 e. The molecule has 1 N–H and O–H groups in total. The Balaban J connectivity index is 1.80. The minimum absolute atomic E-state index is 0.0678. The van der Waals surface area contributed by atoms with Crippen LogP contribution in [0.3, 0.4) is 0 Å². The molecule has 1 aliphatic heterocycles. The number of hydrogen-bond donors (Lipinski definition) is 1. The van der Waals surface area contributed by atoms with Gasteiger partial charge in [0.05, 0.1) is 43.3 Å². The molecule has 12 heteroatoms. The molecular weight excluding hydrogens is 472 g/mol. The normalized spacial score (nSPS) is 16.1. The lowest BCUT2D eigenvalue weighted by molar-refractivity contribution is -0.114. The highest BCUT2D eigenvalue weighted by Crippen LogP contribution is 2.33. The van der Waals surface area contributed by atoms with Gasteiger partial charge in [-0.15, -0.1) is 0 Å². The lowest BCUT2D eigenvalue weighted by Gasteiger charge is -2.32. The number of benzene rings is 1. The van der Waals surface area contributed by atoms with Crippen LogP contribution in [0.5, 0.6) is 0 Å². The van der Waals surface area contributed by atoms with Gasteiger partial charge in [-0.25, -0.2) is 27.3 Å². The summed E-state index contributed by atoms with van der Waals surface area (Å²) in [6, 6.07) is 4.24. The number of carbonyl (C=O) groups is 2. The van der Waals surface area contributed by atoms with E-state index < -0.39 is 41.7 Å². The van der Waals surface area contributed by atoms with Gasteiger partial charge in [0.15, 0.2) is 0 Å². The number of anilines is 1. The van der Waals surface area contributed by atoms with Crippen molar-refractivity contribution in [1.29, 1.82) is 0 Å². The first-order chi connectivity index (χ1) is 16.7. The number of morpholine rings is 1. The third kappa shape index (κ3) is 5.06. The van der Waals surface area contributed by atoms with Crippen LogP contribution in [0.15, 0.2) is 30.5 Å². The molecule has 35 heavy (non-hydrogen) atoms. The molecule has 1 aromatic carbocycles. The zero-order valence-corrected chi connectivity index (χ0v) is 18.9. The summed E-state index contributed by atoms with van der Waals surface area (Å²) >= 11 is 0. The number of ether oxygens (including phenoxy) is 2. The molecule has 0 saturated carbocycles. The van der Waals surface area contributed by atoms with Crippen molar-refractivity contribution < 1.29 is 36.6 Å². The average molecular weight is 494 g/mol. The summed E-state index contributed by atoms with van der Waals surface area (Å²) in [5.74, 6) is -2.49. The second-order valence-corrected chi connectivity index (χ2v) is 8.01. The Bertz CT molecular complexity index is 1260. The Hall–Kier alpha value is -3.67. The highest BCUT2D eigenvalue weighted by molar-refractivity contribution is 5.89. The number of hydrogen-bond acceptors (Lipinski definition) is 5. The fraction of sp³-hybridized carbons (Fsp3) is 0.348. The van der Waals surface area contributed by atoms with Gasteiger partial charge in [-0.3, -0.25) is 4.79 Å². The number of carbonyl (C=O) groups excluding carboxylic acids is 2. The van der Waals surface area contributed by atoms with Gasteiger partial charge in [0.2, 0.25) is 5.91 Å². The van der Waals surface area contributed by atoms with Gasteiger partial charge in [-0.2, -0.15) is 0 Å². The van der Waals surface area contributed by atoms with Crippen LogP contribution in [0.25, 0.3) is 16.9 Å². The maximum Gasteiger partial charge on any atom is 0.409 e. The average Bonchev–Trinajstić information content (AvgIpc) is 3.14. The molecule has 2 aromatic heterocycles. The van der Waals surface area contributed by atoms with Crippen molar-refractivity contribution in [3.05, 3.63) is 53.4 Å². The molecule has 8 nitrogen and oxygen atoms in total. The number of methoxy groups -OCH3 is 1. The van der Waals surface area contributed by atoms with Gasteiger partial charge in [0.1, 0.15) is 17.3 Å². The summed E-state index contributed by atoms with van der Waals surface area (Å²) in [6.45, 7) is 1.89. The first kappa shape index (κ1) is 24.5. The van der Waals surface area contributed by atoms with Crippen LogP contribution in [0, 0.1) is 11.6 Å². The number of pyridine rings is 1. The Morgan fingerprint density at radius 3 is 2.60 bits per heavy atom. The summed E-state index contributed by atoms with van der Waals surface area (Å²) < 4.78 is 68.7. The predicted octanol–water partition coefficient (Wildman–Crippen LogP) is 4.19. The Morgan fingerprint density at radius 2 is 1.97 bits per heavy atom. The van der Waals surface area contributed by atoms with Crippen LogP contribution in [0.2, 0.25) is 0 Å². The van der Waals surface area contributed by atoms with E-state index in [9.17, 15) is 18.4 Å². The zero-order valence-electron chi connectivity index (χ0n) is 18.9. The van der Waals surface area contributed by atoms with Crippen molar-refractivity contribution in [1.82, 2.24) is 14.3 Å². The standard InChI is InChI=1S/C23H22F4N4O4/c1-12(32)28-14-8-16(24)20(17(25)9-14)21-18(10-15-11-30(5-6-35-15)23(33)34-2)31-4-3-13(22(26)27)7-19(31)29-21/h3-4,7-9,15,22H,5-6,10-11H2,1-2H3,(H,28,32)/t15-/m0/s1. The molecule has 3 heterocycles. The van der Waals surface area contributed by atoms with E-state index in [4.69, 9.17) is 9.47 Å². The summed E-state index contributed by atoms with van der Waals surface area (Å²) in [4.78, 5) is 28.9. The number of aromatic nitrogens is 2. The van der Waals surface area contributed by atoms with E-state index in [-0.39, 0.29) is 42.2 Å². The molecule has 3 aromatic rings. The van der Waals surface area contributed by atoms with E-state index in [1.165, 1.54) is 35.6 Å². The van der Waals surface area contributed by atoms with Gasteiger partial charge >= 0.3 is 6.09 Å². The second kappa shape index (κ2) is 9.90. The van der Waals surface area contributed by atoms with Crippen LogP contribution < -0.4 is 5.32 Å². The van der Waals surface area contributed by atoms with Gasteiger partial charge < -0.3 is 24.1 Å². The van der Waals surface area contributed by atoms with Crippen LogP contribution >= 0.6 is 0 Å². The van der Waals surface area contributed by atoms with Crippen LogP contribution in [-0.2, 0) is 20.7 Å². The third-order valence-electron chi connectivity index (χ3n) is 5.59. The molecule has 1 saturated heterocycles. The molecule has 4 rings (SSSR count). The monoisotopic (exact) mass is 494 g/mol. The summed E-state index contributed by atoms with van der Waals surface area (Å²) in [7, 11) is 1.26. The van der Waals surface area contributed by atoms with Gasteiger partial charge in [-0.1, -0.05) is 0 Å². The zero-order chi connectivity index (χ0) is 25.3. The van der Waals surface area contributed by atoms with E-state index in [1.807, 2.05) is 0 Å². The lowest BCUT2D eigenvalue weighted by Crippen LogP contribution is -2.46. The van der Waals surface area contributed by atoms with Crippen LogP contribution in [0.1, 0.15) is 24.6 Å².